The minimum absolute atomic E-state index is 0.262. The predicted molar refractivity (Wildman–Crippen MR) is 66.5 cm³/mol. The van der Waals surface area contributed by atoms with Crippen LogP contribution in [0, 0.1) is 0 Å². The number of fused-ring (bicyclic) bond motifs is 1. The number of anilines is 1. The average molecular weight is 216 g/mol. The van der Waals surface area contributed by atoms with Crippen molar-refractivity contribution in [2.75, 3.05) is 5.73 Å². The van der Waals surface area contributed by atoms with E-state index in [1.807, 2.05) is 51.1 Å². The Morgan fingerprint density at radius 3 is 2.56 bits per heavy atom. The molecular weight excluding hydrogens is 200 g/mol. The lowest BCUT2D eigenvalue weighted by molar-refractivity contribution is 0.124. The van der Waals surface area contributed by atoms with Gasteiger partial charge in [-0.05, 0) is 26.2 Å². The molecule has 1 aromatic carbocycles. The van der Waals surface area contributed by atoms with E-state index in [0.717, 1.165) is 10.8 Å². The zero-order valence-electron chi connectivity index (χ0n) is 9.82. The second kappa shape index (κ2) is 3.67. The third kappa shape index (κ3) is 2.24. The lowest BCUT2D eigenvalue weighted by Crippen LogP contribution is -2.23. The Morgan fingerprint density at radius 1 is 1.19 bits per heavy atom. The Bertz CT molecular complexity index is 515. The SMILES string of the molecule is CC(C)(C)Oc1cc2ccccc2c(N)n1. The number of hydrogen-bond donors (Lipinski definition) is 1. The fourth-order valence-corrected chi connectivity index (χ4v) is 1.57. The van der Waals surface area contributed by atoms with E-state index in [1.165, 1.54) is 0 Å². The van der Waals surface area contributed by atoms with Crippen LogP contribution >= 0.6 is 0 Å². The maximum Gasteiger partial charge on any atom is 0.216 e. The van der Waals surface area contributed by atoms with Crippen LogP contribution in [0.2, 0.25) is 0 Å². The third-order valence-electron chi connectivity index (χ3n) is 2.16. The van der Waals surface area contributed by atoms with Gasteiger partial charge in [0.1, 0.15) is 11.4 Å². The van der Waals surface area contributed by atoms with Crippen molar-refractivity contribution in [3.8, 4) is 5.88 Å². The van der Waals surface area contributed by atoms with Crippen molar-refractivity contribution in [2.45, 2.75) is 26.4 Å². The molecule has 2 N–H and O–H groups in total. The highest BCUT2D eigenvalue weighted by Gasteiger charge is 2.13. The van der Waals surface area contributed by atoms with Crippen LogP contribution in [0.1, 0.15) is 20.8 Å². The molecule has 16 heavy (non-hydrogen) atoms. The molecule has 0 saturated heterocycles. The van der Waals surface area contributed by atoms with Gasteiger partial charge in [-0.15, -0.1) is 0 Å². The highest BCUT2D eigenvalue weighted by molar-refractivity contribution is 5.91. The van der Waals surface area contributed by atoms with E-state index in [-0.39, 0.29) is 5.60 Å². The van der Waals surface area contributed by atoms with Crippen molar-refractivity contribution in [1.29, 1.82) is 0 Å². The predicted octanol–water partition coefficient (Wildman–Crippen LogP) is 2.99. The molecule has 1 heterocycles. The minimum Gasteiger partial charge on any atom is -0.472 e. The lowest BCUT2D eigenvalue weighted by atomic mass is 10.1. The van der Waals surface area contributed by atoms with E-state index in [2.05, 4.69) is 4.98 Å². The van der Waals surface area contributed by atoms with Crippen molar-refractivity contribution in [3.05, 3.63) is 30.3 Å². The number of nitrogens with zero attached hydrogens (tertiary/aromatic N) is 1. The van der Waals surface area contributed by atoms with Crippen molar-refractivity contribution in [3.63, 3.8) is 0 Å². The van der Waals surface area contributed by atoms with Gasteiger partial charge in [0, 0.05) is 11.5 Å². The lowest BCUT2D eigenvalue weighted by Gasteiger charge is -2.20. The van der Waals surface area contributed by atoms with Crippen LogP contribution in [-0.2, 0) is 0 Å². The first-order chi connectivity index (χ1) is 7.46. The Labute approximate surface area is 95.2 Å². The number of rotatable bonds is 1. The molecule has 2 aromatic rings. The summed E-state index contributed by atoms with van der Waals surface area (Å²) in [6, 6.07) is 9.80. The van der Waals surface area contributed by atoms with Gasteiger partial charge in [0.2, 0.25) is 5.88 Å². The summed E-state index contributed by atoms with van der Waals surface area (Å²) < 4.78 is 5.70. The van der Waals surface area contributed by atoms with Crippen molar-refractivity contribution < 1.29 is 4.74 Å². The van der Waals surface area contributed by atoms with E-state index < -0.39 is 0 Å². The van der Waals surface area contributed by atoms with Crippen LogP contribution < -0.4 is 10.5 Å². The van der Waals surface area contributed by atoms with E-state index >= 15 is 0 Å². The van der Waals surface area contributed by atoms with Gasteiger partial charge in [0.15, 0.2) is 0 Å². The molecule has 0 spiro atoms. The Morgan fingerprint density at radius 2 is 1.88 bits per heavy atom. The molecular formula is C13H16N2O. The molecule has 0 unspecified atom stereocenters. The quantitative estimate of drug-likeness (QED) is 0.797. The number of aromatic nitrogens is 1. The van der Waals surface area contributed by atoms with Gasteiger partial charge in [-0.3, -0.25) is 0 Å². The summed E-state index contributed by atoms with van der Waals surface area (Å²) >= 11 is 0. The minimum atomic E-state index is -0.262. The molecule has 0 atom stereocenters. The summed E-state index contributed by atoms with van der Waals surface area (Å²) in [5.41, 5.74) is 5.62. The Kier molecular flexibility index (Phi) is 2.46. The summed E-state index contributed by atoms with van der Waals surface area (Å²) in [7, 11) is 0. The number of nitrogens with two attached hydrogens (primary N) is 1. The molecule has 0 aliphatic rings. The van der Waals surface area contributed by atoms with Gasteiger partial charge in [0.25, 0.3) is 0 Å². The summed E-state index contributed by atoms with van der Waals surface area (Å²) in [5.74, 6) is 1.08. The summed E-state index contributed by atoms with van der Waals surface area (Å²) in [4.78, 5) is 4.24. The number of ether oxygens (including phenoxy) is 1. The standard InChI is InChI=1S/C13H16N2O/c1-13(2,3)16-11-8-9-6-4-5-7-10(9)12(14)15-11/h4-8H,1-3H3,(H2,14,15). The number of pyridine rings is 1. The number of benzene rings is 1. The number of hydrogen-bond acceptors (Lipinski definition) is 3. The average Bonchev–Trinajstić information content (AvgIpc) is 2.15. The Hall–Kier alpha value is -1.77. The first kappa shape index (κ1) is 10.7. The van der Waals surface area contributed by atoms with Crippen LogP contribution in [0.5, 0.6) is 5.88 Å². The van der Waals surface area contributed by atoms with Crippen LogP contribution in [0.4, 0.5) is 5.82 Å². The molecule has 0 bridgehead atoms. The van der Waals surface area contributed by atoms with E-state index in [9.17, 15) is 0 Å². The second-order valence-electron chi connectivity index (χ2n) is 4.78. The summed E-state index contributed by atoms with van der Waals surface area (Å²) in [5, 5.41) is 2.01. The topological polar surface area (TPSA) is 48.1 Å². The normalized spacial score (nSPS) is 11.7. The molecule has 0 fully saturated rings. The van der Waals surface area contributed by atoms with Crippen LogP contribution in [-0.4, -0.2) is 10.6 Å². The van der Waals surface area contributed by atoms with Crippen LogP contribution in [0.15, 0.2) is 30.3 Å². The van der Waals surface area contributed by atoms with E-state index in [4.69, 9.17) is 10.5 Å². The molecule has 0 radical (unpaired) electrons. The van der Waals surface area contributed by atoms with E-state index in [1.54, 1.807) is 0 Å². The summed E-state index contributed by atoms with van der Waals surface area (Å²) in [6.45, 7) is 5.96. The Balaban J connectivity index is 2.50. The molecule has 1 aromatic heterocycles. The van der Waals surface area contributed by atoms with Gasteiger partial charge in [-0.25, -0.2) is 0 Å². The van der Waals surface area contributed by atoms with Crippen LogP contribution in [0.25, 0.3) is 10.8 Å². The van der Waals surface area contributed by atoms with Gasteiger partial charge in [-0.2, -0.15) is 4.98 Å². The van der Waals surface area contributed by atoms with Gasteiger partial charge in [-0.1, -0.05) is 24.3 Å². The zero-order valence-corrected chi connectivity index (χ0v) is 9.82. The van der Waals surface area contributed by atoms with Crippen LogP contribution in [0.3, 0.4) is 0 Å². The molecule has 0 aliphatic heterocycles. The van der Waals surface area contributed by atoms with Gasteiger partial charge in [0.05, 0.1) is 0 Å². The monoisotopic (exact) mass is 216 g/mol. The van der Waals surface area contributed by atoms with Crippen molar-refractivity contribution >= 4 is 16.6 Å². The molecule has 0 aliphatic carbocycles. The maximum absolute atomic E-state index is 5.88. The summed E-state index contributed by atoms with van der Waals surface area (Å²) in [6.07, 6.45) is 0. The third-order valence-corrected chi connectivity index (χ3v) is 2.16. The smallest absolute Gasteiger partial charge is 0.216 e. The van der Waals surface area contributed by atoms with Gasteiger partial charge >= 0.3 is 0 Å². The molecule has 84 valence electrons. The maximum atomic E-state index is 5.88. The highest BCUT2D eigenvalue weighted by atomic mass is 16.5. The van der Waals surface area contributed by atoms with Crippen molar-refractivity contribution in [2.24, 2.45) is 0 Å². The fraction of sp³-hybridized carbons (Fsp3) is 0.308. The largest absolute Gasteiger partial charge is 0.472 e. The van der Waals surface area contributed by atoms with Crippen molar-refractivity contribution in [1.82, 2.24) is 4.98 Å². The second-order valence-corrected chi connectivity index (χ2v) is 4.78. The zero-order chi connectivity index (χ0) is 11.8. The first-order valence-electron chi connectivity index (χ1n) is 5.30. The molecule has 3 heteroatoms. The molecule has 3 nitrogen and oxygen atoms in total. The molecule has 0 amide bonds. The number of nitrogen functional groups attached to an aromatic ring is 1. The van der Waals surface area contributed by atoms with Gasteiger partial charge < -0.3 is 10.5 Å². The first-order valence-corrected chi connectivity index (χ1v) is 5.30. The van der Waals surface area contributed by atoms with E-state index in [0.29, 0.717) is 11.7 Å². The molecule has 0 saturated carbocycles. The fourth-order valence-electron chi connectivity index (χ4n) is 1.57. The highest BCUT2D eigenvalue weighted by Crippen LogP contribution is 2.25. The molecule has 2 rings (SSSR count).